The van der Waals surface area contributed by atoms with Gasteiger partial charge in [-0.25, -0.2) is 0 Å². The van der Waals surface area contributed by atoms with Gasteiger partial charge in [0.25, 0.3) is 0 Å². The van der Waals surface area contributed by atoms with Crippen LogP contribution in [0.3, 0.4) is 0 Å². The molecule has 0 aromatic heterocycles. The Labute approximate surface area is 76.7 Å². The van der Waals surface area contributed by atoms with Gasteiger partial charge in [0.2, 0.25) is 0 Å². The molecule has 4 atom stereocenters. The van der Waals surface area contributed by atoms with Crippen molar-refractivity contribution in [3.63, 3.8) is 0 Å². The first kappa shape index (κ1) is 8.59. The molecule has 0 radical (unpaired) electrons. The van der Waals surface area contributed by atoms with Gasteiger partial charge in [0, 0.05) is 0 Å². The summed E-state index contributed by atoms with van der Waals surface area (Å²) in [6.45, 7) is 4.92. The van der Waals surface area contributed by atoms with Crippen LogP contribution in [-0.4, -0.2) is 0 Å². The van der Waals surface area contributed by atoms with Crippen molar-refractivity contribution in [2.24, 2.45) is 23.7 Å². The van der Waals surface area contributed by atoms with Crippen LogP contribution in [0, 0.1) is 23.7 Å². The van der Waals surface area contributed by atoms with Gasteiger partial charge in [-0.15, -0.1) is 0 Å². The Bertz CT molecular complexity index is 150. The third kappa shape index (κ3) is 1.53. The third-order valence-corrected chi connectivity index (χ3v) is 4.28. The van der Waals surface area contributed by atoms with E-state index in [1.54, 1.807) is 6.42 Å². The van der Waals surface area contributed by atoms with E-state index in [1.165, 1.54) is 32.1 Å². The normalized spacial score (nSPS) is 48.5. The SMILES string of the molecule is C[C@@H]1CC[C@@H]2CCC[C@H](C)C2C1. The van der Waals surface area contributed by atoms with Crippen molar-refractivity contribution in [3.8, 4) is 0 Å². The molecular weight excluding hydrogens is 144 g/mol. The van der Waals surface area contributed by atoms with Crippen molar-refractivity contribution in [2.45, 2.75) is 52.4 Å². The molecule has 0 amide bonds. The Kier molecular flexibility index (Phi) is 2.43. The van der Waals surface area contributed by atoms with Crippen molar-refractivity contribution < 1.29 is 0 Å². The number of hydrogen-bond donors (Lipinski definition) is 0. The molecule has 2 aliphatic rings. The second-order valence-electron chi connectivity index (χ2n) is 5.25. The van der Waals surface area contributed by atoms with Crippen LogP contribution in [0.15, 0.2) is 0 Å². The smallest absolute Gasteiger partial charge is 0.0358 e. The summed E-state index contributed by atoms with van der Waals surface area (Å²) in [5.74, 6) is 4.27. The van der Waals surface area contributed by atoms with Gasteiger partial charge in [-0.05, 0) is 36.5 Å². The Hall–Kier alpha value is 0. The molecule has 0 N–H and O–H groups in total. The second kappa shape index (κ2) is 3.40. The van der Waals surface area contributed by atoms with E-state index in [0.29, 0.717) is 0 Å². The highest BCUT2D eigenvalue weighted by Gasteiger charge is 2.34. The molecular formula is C12H22. The Morgan fingerprint density at radius 2 is 1.75 bits per heavy atom. The first-order valence-corrected chi connectivity index (χ1v) is 5.77. The monoisotopic (exact) mass is 166 g/mol. The van der Waals surface area contributed by atoms with Gasteiger partial charge >= 0.3 is 0 Å². The van der Waals surface area contributed by atoms with E-state index < -0.39 is 0 Å². The summed E-state index contributed by atoms with van der Waals surface area (Å²) in [6, 6.07) is 0. The van der Waals surface area contributed by atoms with Gasteiger partial charge in [0.1, 0.15) is 0 Å². The van der Waals surface area contributed by atoms with Crippen LogP contribution in [0.1, 0.15) is 52.4 Å². The van der Waals surface area contributed by atoms with Gasteiger partial charge in [0.05, 0.1) is 0 Å². The van der Waals surface area contributed by atoms with Gasteiger partial charge < -0.3 is 0 Å². The predicted octanol–water partition coefficient (Wildman–Crippen LogP) is 3.86. The Morgan fingerprint density at radius 3 is 2.58 bits per heavy atom. The zero-order chi connectivity index (χ0) is 8.55. The summed E-state index contributed by atoms with van der Waals surface area (Å²) < 4.78 is 0. The van der Waals surface area contributed by atoms with Crippen molar-refractivity contribution in [3.05, 3.63) is 0 Å². The molecule has 2 saturated carbocycles. The minimum atomic E-state index is 1.02. The summed E-state index contributed by atoms with van der Waals surface area (Å²) in [7, 11) is 0. The van der Waals surface area contributed by atoms with Gasteiger partial charge in [0.15, 0.2) is 0 Å². The van der Waals surface area contributed by atoms with Crippen molar-refractivity contribution in [1.82, 2.24) is 0 Å². The van der Waals surface area contributed by atoms with Crippen LogP contribution in [0.25, 0.3) is 0 Å². The molecule has 12 heavy (non-hydrogen) atoms. The van der Waals surface area contributed by atoms with Gasteiger partial charge in [-0.3, -0.25) is 0 Å². The highest BCUT2D eigenvalue weighted by atomic mass is 14.4. The van der Waals surface area contributed by atoms with E-state index in [4.69, 9.17) is 0 Å². The largest absolute Gasteiger partial charge is 0.0625 e. The quantitative estimate of drug-likeness (QED) is 0.512. The van der Waals surface area contributed by atoms with E-state index >= 15 is 0 Å². The average molecular weight is 166 g/mol. The second-order valence-corrected chi connectivity index (χ2v) is 5.25. The molecule has 0 aliphatic heterocycles. The Morgan fingerprint density at radius 1 is 0.917 bits per heavy atom. The highest BCUT2D eigenvalue weighted by molar-refractivity contribution is 4.85. The Balaban J connectivity index is 2.00. The number of rotatable bonds is 0. The van der Waals surface area contributed by atoms with E-state index in [2.05, 4.69) is 13.8 Å². The van der Waals surface area contributed by atoms with Crippen LogP contribution >= 0.6 is 0 Å². The van der Waals surface area contributed by atoms with Crippen LogP contribution in [0.5, 0.6) is 0 Å². The van der Waals surface area contributed by atoms with E-state index in [0.717, 1.165) is 23.7 Å². The van der Waals surface area contributed by atoms with E-state index in [9.17, 15) is 0 Å². The van der Waals surface area contributed by atoms with Crippen molar-refractivity contribution in [1.29, 1.82) is 0 Å². The maximum absolute atomic E-state index is 2.48. The lowest BCUT2D eigenvalue weighted by Gasteiger charge is -2.42. The van der Waals surface area contributed by atoms with Crippen molar-refractivity contribution in [2.75, 3.05) is 0 Å². The average Bonchev–Trinajstić information content (AvgIpc) is 2.07. The van der Waals surface area contributed by atoms with Crippen LogP contribution in [-0.2, 0) is 0 Å². The predicted molar refractivity (Wildman–Crippen MR) is 53.0 cm³/mol. The summed E-state index contributed by atoms with van der Waals surface area (Å²) >= 11 is 0. The van der Waals surface area contributed by atoms with E-state index in [-0.39, 0.29) is 0 Å². The summed E-state index contributed by atoms with van der Waals surface area (Å²) in [4.78, 5) is 0. The molecule has 2 aliphatic carbocycles. The molecule has 0 heteroatoms. The topological polar surface area (TPSA) is 0 Å². The first-order chi connectivity index (χ1) is 5.77. The van der Waals surface area contributed by atoms with E-state index in [1.807, 2.05) is 0 Å². The van der Waals surface area contributed by atoms with Crippen molar-refractivity contribution >= 4 is 0 Å². The summed E-state index contributed by atoms with van der Waals surface area (Å²) in [5.41, 5.74) is 0. The molecule has 0 heterocycles. The lowest BCUT2D eigenvalue weighted by molar-refractivity contribution is 0.0880. The molecule has 70 valence electrons. The molecule has 0 bridgehead atoms. The van der Waals surface area contributed by atoms with Crippen LogP contribution in [0.2, 0.25) is 0 Å². The maximum atomic E-state index is 2.48. The molecule has 0 aromatic carbocycles. The number of hydrogen-bond acceptors (Lipinski definition) is 0. The first-order valence-electron chi connectivity index (χ1n) is 5.77. The van der Waals surface area contributed by atoms with Crippen LogP contribution < -0.4 is 0 Å². The maximum Gasteiger partial charge on any atom is -0.0358 e. The zero-order valence-corrected chi connectivity index (χ0v) is 8.55. The lowest BCUT2D eigenvalue weighted by atomic mass is 9.64. The molecule has 1 unspecified atom stereocenters. The molecule has 0 nitrogen and oxygen atoms in total. The molecule has 2 fully saturated rings. The fourth-order valence-corrected chi connectivity index (χ4v) is 3.46. The summed E-state index contributed by atoms with van der Waals surface area (Å²) in [5, 5.41) is 0. The fraction of sp³-hybridized carbons (Fsp3) is 1.00. The lowest BCUT2D eigenvalue weighted by Crippen LogP contribution is -2.32. The van der Waals surface area contributed by atoms with Gasteiger partial charge in [-0.1, -0.05) is 39.5 Å². The molecule has 2 rings (SSSR count). The summed E-state index contributed by atoms with van der Waals surface area (Å²) in [6.07, 6.45) is 9.14. The fourth-order valence-electron chi connectivity index (χ4n) is 3.46. The standard InChI is InChI=1S/C12H22/c1-9-6-7-11-5-3-4-10(2)12(11)8-9/h9-12H,3-8H2,1-2H3/t9-,10+,11+,12?/m1/s1. The number of fused-ring (bicyclic) bond motifs is 1. The molecule has 0 spiro atoms. The highest BCUT2D eigenvalue weighted by Crippen LogP contribution is 2.45. The van der Waals surface area contributed by atoms with Gasteiger partial charge in [-0.2, -0.15) is 0 Å². The molecule has 0 aromatic rings. The molecule has 0 saturated heterocycles. The zero-order valence-electron chi connectivity index (χ0n) is 8.55. The van der Waals surface area contributed by atoms with Crippen LogP contribution in [0.4, 0.5) is 0 Å². The minimum absolute atomic E-state index is 1.02. The minimum Gasteiger partial charge on any atom is -0.0625 e. The third-order valence-electron chi connectivity index (χ3n) is 4.28.